The number of aliphatic hydroxyl groups excluding tert-OH is 1. The molecule has 1 amide bonds. The lowest BCUT2D eigenvalue weighted by atomic mass is 10.3. The van der Waals surface area contributed by atoms with Crippen LogP contribution in [0, 0.1) is 0 Å². The van der Waals surface area contributed by atoms with Crippen LogP contribution in [-0.2, 0) is 24.3 Å². The molecule has 0 aliphatic carbocycles. The van der Waals surface area contributed by atoms with Crippen molar-refractivity contribution in [2.75, 3.05) is 11.9 Å². The van der Waals surface area contributed by atoms with Gasteiger partial charge in [0.25, 0.3) is 5.91 Å². The molecule has 0 radical (unpaired) electrons. The molecule has 3 N–H and O–H groups in total. The number of aliphatic hydroxyl groups is 1. The van der Waals surface area contributed by atoms with Gasteiger partial charge in [0.05, 0.1) is 11.5 Å². The molecule has 0 aromatic heterocycles. The van der Waals surface area contributed by atoms with Crippen LogP contribution in [0.1, 0.15) is 6.92 Å². The van der Waals surface area contributed by atoms with Gasteiger partial charge in [0.1, 0.15) is 6.04 Å². The van der Waals surface area contributed by atoms with Crippen LogP contribution in [0.25, 0.3) is 0 Å². The first kappa shape index (κ1) is 22.0. The van der Waals surface area contributed by atoms with Gasteiger partial charge in [0, 0.05) is 10.2 Å². The van der Waals surface area contributed by atoms with Crippen molar-refractivity contribution in [3.05, 3.63) is 59.1 Å². The lowest BCUT2D eigenvalue weighted by Gasteiger charge is -2.19. The molecule has 0 heterocycles. The minimum absolute atomic E-state index is 0.0863. The Kier molecular flexibility index (Phi) is 7.69. The zero-order valence-electron chi connectivity index (χ0n) is 14.8. The molecule has 0 aliphatic heterocycles. The Balaban J connectivity index is 2.00. The Morgan fingerprint density at radius 3 is 2.29 bits per heavy atom. The first-order chi connectivity index (χ1) is 13.2. The maximum Gasteiger partial charge on any atom is 0.327 e. The van der Waals surface area contributed by atoms with E-state index < -0.39 is 40.7 Å². The fourth-order valence-corrected chi connectivity index (χ4v) is 3.54. The van der Waals surface area contributed by atoms with Crippen molar-refractivity contribution in [2.45, 2.75) is 24.0 Å². The minimum Gasteiger partial charge on any atom is -0.451 e. The van der Waals surface area contributed by atoms with E-state index in [9.17, 15) is 23.1 Å². The van der Waals surface area contributed by atoms with Gasteiger partial charge in [-0.15, -0.1) is 0 Å². The summed E-state index contributed by atoms with van der Waals surface area (Å²) in [4.78, 5) is 24.2. The normalized spacial score (nSPS) is 13.4. The Morgan fingerprint density at radius 1 is 1.11 bits per heavy atom. The van der Waals surface area contributed by atoms with Gasteiger partial charge in [-0.05, 0) is 43.3 Å². The first-order valence-electron chi connectivity index (χ1n) is 8.18. The van der Waals surface area contributed by atoms with E-state index in [0.29, 0.717) is 10.2 Å². The van der Waals surface area contributed by atoms with E-state index in [1.165, 1.54) is 31.2 Å². The predicted octanol–water partition coefficient (Wildman–Crippen LogP) is 1.66. The van der Waals surface area contributed by atoms with Crippen LogP contribution in [0.4, 0.5) is 5.69 Å². The highest BCUT2D eigenvalue weighted by molar-refractivity contribution is 9.10. The molecule has 2 unspecified atom stereocenters. The first-order valence-corrected chi connectivity index (χ1v) is 10.5. The van der Waals surface area contributed by atoms with Gasteiger partial charge in [-0.2, -0.15) is 4.72 Å². The molecule has 0 fully saturated rings. The van der Waals surface area contributed by atoms with Crippen molar-refractivity contribution in [3.63, 3.8) is 0 Å². The maximum atomic E-state index is 12.4. The Bertz CT molecular complexity index is 919. The van der Waals surface area contributed by atoms with Crippen LogP contribution >= 0.6 is 15.9 Å². The molecular formula is C18H19BrN2O6S. The number of hydrogen-bond acceptors (Lipinski definition) is 6. The Labute approximate surface area is 171 Å². The number of nitrogens with one attached hydrogen (secondary N) is 2. The molecule has 8 nitrogen and oxygen atoms in total. The van der Waals surface area contributed by atoms with Gasteiger partial charge in [-0.1, -0.05) is 34.1 Å². The van der Waals surface area contributed by atoms with Crippen LogP contribution in [-0.4, -0.2) is 44.2 Å². The Morgan fingerprint density at radius 2 is 1.71 bits per heavy atom. The summed E-state index contributed by atoms with van der Waals surface area (Å²) >= 11 is 3.20. The van der Waals surface area contributed by atoms with Gasteiger partial charge < -0.3 is 15.2 Å². The summed E-state index contributed by atoms with van der Waals surface area (Å²) in [6.07, 6.45) is -1.20. The van der Waals surface area contributed by atoms with Crippen LogP contribution in [0.2, 0.25) is 0 Å². The molecule has 2 rings (SSSR count). The van der Waals surface area contributed by atoms with Crippen molar-refractivity contribution in [1.82, 2.24) is 4.72 Å². The van der Waals surface area contributed by atoms with Crippen LogP contribution in [0.15, 0.2) is 64.0 Å². The SMILES string of the molecule is CC(OC(=O)C(CO)NS(=O)(=O)c1ccc(Br)cc1)C(=O)Nc1ccccc1. The fraction of sp³-hybridized carbons (Fsp3) is 0.222. The number of carbonyl (C=O) groups is 2. The third kappa shape index (κ3) is 6.13. The Hall–Kier alpha value is -2.27. The van der Waals surface area contributed by atoms with E-state index in [4.69, 9.17) is 4.74 Å². The van der Waals surface area contributed by atoms with Crippen LogP contribution in [0.5, 0.6) is 0 Å². The predicted molar refractivity (Wildman–Crippen MR) is 106 cm³/mol. The van der Waals surface area contributed by atoms with E-state index >= 15 is 0 Å². The topological polar surface area (TPSA) is 122 Å². The van der Waals surface area contributed by atoms with Crippen molar-refractivity contribution in [3.8, 4) is 0 Å². The number of benzene rings is 2. The molecule has 0 bridgehead atoms. The van der Waals surface area contributed by atoms with Crippen LogP contribution < -0.4 is 10.0 Å². The van der Waals surface area contributed by atoms with Gasteiger partial charge in [-0.25, -0.2) is 8.42 Å². The lowest BCUT2D eigenvalue weighted by molar-refractivity contribution is -0.155. The number of sulfonamides is 1. The summed E-state index contributed by atoms with van der Waals surface area (Å²) in [6.45, 7) is 0.509. The molecule has 2 aromatic rings. The average molecular weight is 471 g/mol. The van der Waals surface area contributed by atoms with E-state index in [2.05, 4.69) is 26.0 Å². The lowest BCUT2D eigenvalue weighted by Crippen LogP contribution is -2.46. The molecule has 0 aliphatic rings. The minimum atomic E-state index is -4.07. The number of carbonyl (C=O) groups excluding carboxylic acids is 2. The number of amides is 1. The zero-order valence-corrected chi connectivity index (χ0v) is 17.2. The van der Waals surface area contributed by atoms with E-state index in [-0.39, 0.29) is 4.90 Å². The highest BCUT2D eigenvalue weighted by Gasteiger charge is 2.29. The number of anilines is 1. The monoisotopic (exact) mass is 470 g/mol. The molecule has 0 spiro atoms. The zero-order chi connectivity index (χ0) is 20.7. The van der Waals surface area contributed by atoms with Gasteiger partial charge in [0.15, 0.2) is 6.10 Å². The highest BCUT2D eigenvalue weighted by Crippen LogP contribution is 2.15. The fourth-order valence-electron chi connectivity index (χ4n) is 2.10. The number of para-hydroxylation sites is 1. The second-order valence-electron chi connectivity index (χ2n) is 5.74. The standard InChI is InChI=1S/C18H19BrN2O6S/c1-12(17(23)20-14-5-3-2-4-6-14)27-18(24)16(11-22)21-28(25,26)15-9-7-13(19)8-10-15/h2-10,12,16,21-22H,11H2,1H3,(H,20,23). The summed E-state index contributed by atoms with van der Waals surface area (Å²) in [5.41, 5.74) is 0.519. The third-order valence-corrected chi connectivity index (χ3v) is 5.61. The molecule has 28 heavy (non-hydrogen) atoms. The highest BCUT2D eigenvalue weighted by atomic mass is 79.9. The number of hydrogen-bond donors (Lipinski definition) is 3. The summed E-state index contributed by atoms with van der Waals surface area (Å²) < 4.78 is 32.5. The molecule has 10 heteroatoms. The van der Waals surface area contributed by atoms with Crippen molar-refractivity contribution in [1.29, 1.82) is 0 Å². The average Bonchev–Trinajstić information content (AvgIpc) is 2.67. The maximum absolute atomic E-state index is 12.4. The van der Waals surface area contributed by atoms with E-state index in [1.807, 2.05) is 0 Å². The van der Waals surface area contributed by atoms with Crippen molar-refractivity contribution >= 4 is 43.5 Å². The van der Waals surface area contributed by atoms with Gasteiger partial charge in [0.2, 0.25) is 10.0 Å². The number of halogens is 1. The summed E-state index contributed by atoms with van der Waals surface area (Å²) in [5, 5.41) is 12.0. The number of esters is 1. The summed E-state index contributed by atoms with van der Waals surface area (Å²) in [6, 6.07) is 12.7. The molecule has 2 aromatic carbocycles. The number of ether oxygens (including phenoxy) is 1. The summed E-state index contributed by atoms with van der Waals surface area (Å²) in [5.74, 6) is -1.66. The molecular weight excluding hydrogens is 452 g/mol. The largest absolute Gasteiger partial charge is 0.451 e. The van der Waals surface area contributed by atoms with Crippen molar-refractivity contribution < 1.29 is 27.9 Å². The summed E-state index contributed by atoms with van der Waals surface area (Å²) in [7, 11) is -4.07. The molecule has 2 atom stereocenters. The van der Waals surface area contributed by atoms with Crippen LogP contribution in [0.3, 0.4) is 0 Å². The van der Waals surface area contributed by atoms with E-state index in [1.54, 1.807) is 30.3 Å². The van der Waals surface area contributed by atoms with Gasteiger partial charge in [-0.3, -0.25) is 9.59 Å². The molecule has 0 saturated heterocycles. The van der Waals surface area contributed by atoms with E-state index in [0.717, 1.165) is 0 Å². The second kappa shape index (κ2) is 9.78. The van der Waals surface area contributed by atoms with Gasteiger partial charge >= 0.3 is 5.97 Å². The molecule has 0 saturated carbocycles. The van der Waals surface area contributed by atoms with Crippen molar-refractivity contribution in [2.24, 2.45) is 0 Å². The molecule has 150 valence electrons. The quantitative estimate of drug-likeness (QED) is 0.504. The number of rotatable bonds is 8. The smallest absolute Gasteiger partial charge is 0.327 e. The third-order valence-electron chi connectivity index (χ3n) is 3.59. The second-order valence-corrected chi connectivity index (χ2v) is 8.37.